The zero-order valence-corrected chi connectivity index (χ0v) is 17.3. The monoisotopic (exact) mass is 411 g/mol. The van der Waals surface area contributed by atoms with E-state index in [2.05, 4.69) is 0 Å². The Hall–Kier alpha value is -3.70. The second kappa shape index (κ2) is 7.22. The van der Waals surface area contributed by atoms with Crippen molar-refractivity contribution in [1.29, 1.82) is 0 Å². The predicted molar refractivity (Wildman–Crippen MR) is 118 cm³/mol. The van der Waals surface area contributed by atoms with Gasteiger partial charge < -0.3 is 14.4 Å². The lowest BCUT2D eigenvalue weighted by molar-refractivity contribution is -0.134. The first-order valence-electron chi connectivity index (χ1n) is 10.1. The fourth-order valence-electron chi connectivity index (χ4n) is 4.49. The van der Waals surface area contributed by atoms with Crippen LogP contribution in [0.15, 0.2) is 84.4 Å². The average Bonchev–Trinajstić information content (AvgIpc) is 3.33. The highest BCUT2D eigenvalue weighted by molar-refractivity contribution is 6.23. The first kappa shape index (κ1) is 19.3. The molecule has 0 fully saturated rings. The van der Waals surface area contributed by atoms with Gasteiger partial charge in [-0.3, -0.25) is 9.59 Å². The van der Waals surface area contributed by atoms with E-state index in [0.29, 0.717) is 16.7 Å². The Balaban J connectivity index is 1.77. The number of ether oxygens (including phenoxy) is 2. The molecule has 3 aromatic carbocycles. The maximum absolute atomic E-state index is 13.8. The summed E-state index contributed by atoms with van der Waals surface area (Å²) in [6, 6.07) is 24.0. The number of likely N-dealkylation sites (N-methyl/N-ethyl adjacent to an activating group) is 1. The zero-order valence-electron chi connectivity index (χ0n) is 17.3. The minimum Gasteiger partial charge on any atom is -0.497 e. The fraction of sp³-hybridized carbons (Fsp3) is 0.154. The van der Waals surface area contributed by atoms with Crippen LogP contribution in [-0.4, -0.2) is 32.5 Å². The Bertz CT molecular complexity index is 1210. The van der Waals surface area contributed by atoms with E-state index >= 15 is 0 Å². The summed E-state index contributed by atoms with van der Waals surface area (Å²) in [7, 11) is 3.32. The minimum absolute atomic E-state index is 0.161. The second-order valence-electron chi connectivity index (χ2n) is 7.63. The summed E-state index contributed by atoms with van der Waals surface area (Å²) in [6.45, 7) is 0.161. The summed E-state index contributed by atoms with van der Waals surface area (Å²) in [5.41, 5.74) is 2.45. The number of Topliss-reactive ketones (excluding diaryl/α,β-unsaturated/α-hetero) is 1. The van der Waals surface area contributed by atoms with E-state index in [1.165, 1.54) is 0 Å². The van der Waals surface area contributed by atoms with Crippen molar-refractivity contribution < 1.29 is 19.1 Å². The molecule has 0 bridgehead atoms. The lowest BCUT2D eigenvalue weighted by atomic mass is 9.80. The van der Waals surface area contributed by atoms with Gasteiger partial charge in [-0.25, -0.2) is 0 Å². The number of anilines is 1. The minimum atomic E-state index is -1.45. The normalized spacial score (nSPS) is 19.8. The van der Waals surface area contributed by atoms with Crippen molar-refractivity contribution in [2.45, 2.75) is 5.60 Å². The third-order valence-electron chi connectivity index (χ3n) is 6.04. The summed E-state index contributed by atoms with van der Waals surface area (Å²) < 4.78 is 11.5. The standard InChI is InChI=1S/C26H21NO4/c1-27-22-11-7-6-10-21(22)26(25(27)29)23(24(28)18-8-4-3-5-9-18)20(16-31-26)17-12-14-19(30-2)15-13-17/h3-15H,16H2,1-2H3. The van der Waals surface area contributed by atoms with Gasteiger partial charge in [-0.05, 0) is 29.3 Å². The molecule has 2 heterocycles. The Morgan fingerprint density at radius 3 is 2.35 bits per heavy atom. The van der Waals surface area contributed by atoms with Crippen LogP contribution in [0.2, 0.25) is 0 Å². The van der Waals surface area contributed by atoms with Gasteiger partial charge >= 0.3 is 0 Å². The lowest BCUT2D eigenvalue weighted by Crippen LogP contribution is -2.42. The number of methoxy groups -OCH3 is 1. The zero-order chi connectivity index (χ0) is 21.6. The number of ketones is 1. The molecular weight excluding hydrogens is 390 g/mol. The van der Waals surface area contributed by atoms with Crippen molar-refractivity contribution in [2.24, 2.45) is 0 Å². The Morgan fingerprint density at radius 1 is 0.968 bits per heavy atom. The van der Waals surface area contributed by atoms with Gasteiger partial charge in [0.2, 0.25) is 5.60 Å². The number of amides is 1. The number of para-hydroxylation sites is 1. The SMILES string of the molecule is COc1ccc(C2=C(C(=O)c3ccccc3)C3(OC2)C(=O)N(C)c2ccccc23)cc1. The van der Waals surface area contributed by atoms with Crippen LogP contribution in [0.5, 0.6) is 5.75 Å². The van der Waals surface area contributed by atoms with Crippen molar-refractivity contribution in [1.82, 2.24) is 0 Å². The van der Waals surface area contributed by atoms with Crippen molar-refractivity contribution >= 4 is 23.0 Å². The predicted octanol–water partition coefficient (Wildman–Crippen LogP) is 4.23. The molecule has 1 spiro atoms. The number of fused-ring (bicyclic) bond motifs is 2. The first-order valence-corrected chi connectivity index (χ1v) is 10.1. The van der Waals surface area contributed by atoms with Gasteiger partial charge in [0.25, 0.3) is 5.91 Å². The molecular formula is C26H21NO4. The van der Waals surface area contributed by atoms with Crippen molar-refractivity contribution in [3.63, 3.8) is 0 Å². The van der Waals surface area contributed by atoms with Crippen LogP contribution >= 0.6 is 0 Å². The molecule has 3 aromatic rings. The van der Waals surface area contributed by atoms with Gasteiger partial charge in [-0.15, -0.1) is 0 Å². The van der Waals surface area contributed by atoms with Gasteiger partial charge in [-0.2, -0.15) is 0 Å². The number of hydrogen-bond donors (Lipinski definition) is 0. The van der Waals surface area contributed by atoms with Crippen LogP contribution in [0.25, 0.3) is 5.57 Å². The molecule has 31 heavy (non-hydrogen) atoms. The van der Waals surface area contributed by atoms with Crippen LogP contribution in [-0.2, 0) is 15.1 Å². The molecule has 2 aliphatic rings. The Kier molecular flexibility index (Phi) is 4.49. The first-order chi connectivity index (χ1) is 15.1. The molecule has 1 amide bonds. The van der Waals surface area contributed by atoms with Crippen molar-refractivity contribution in [2.75, 3.05) is 25.7 Å². The highest BCUT2D eigenvalue weighted by atomic mass is 16.5. The number of nitrogens with zero attached hydrogens (tertiary/aromatic N) is 1. The molecule has 0 aromatic heterocycles. The topological polar surface area (TPSA) is 55.8 Å². The van der Waals surface area contributed by atoms with Gasteiger partial charge in [0.05, 0.1) is 25.0 Å². The summed E-state index contributed by atoms with van der Waals surface area (Å²) in [5, 5.41) is 0. The van der Waals surface area contributed by atoms with Crippen LogP contribution in [0.1, 0.15) is 21.5 Å². The fourth-order valence-corrected chi connectivity index (χ4v) is 4.49. The van der Waals surface area contributed by atoms with Gasteiger partial charge in [0.15, 0.2) is 5.78 Å². The summed E-state index contributed by atoms with van der Waals surface area (Å²) in [6.07, 6.45) is 0. The number of carbonyl (C=O) groups is 2. The quantitative estimate of drug-likeness (QED) is 0.603. The third-order valence-corrected chi connectivity index (χ3v) is 6.04. The van der Waals surface area contributed by atoms with Crippen LogP contribution in [0.4, 0.5) is 5.69 Å². The molecule has 1 unspecified atom stereocenters. The lowest BCUT2D eigenvalue weighted by Gasteiger charge is -2.25. The smallest absolute Gasteiger partial charge is 0.268 e. The van der Waals surface area contributed by atoms with E-state index in [1.54, 1.807) is 31.2 Å². The van der Waals surface area contributed by atoms with E-state index in [0.717, 1.165) is 22.6 Å². The number of benzene rings is 3. The summed E-state index contributed by atoms with van der Waals surface area (Å²) >= 11 is 0. The van der Waals surface area contributed by atoms with Gasteiger partial charge in [0, 0.05) is 18.2 Å². The van der Waals surface area contributed by atoms with E-state index in [1.807, 2.05) is 66.7 Å². The van der Waals surface area contributed by atoms with Crippen molar-refractivity contribution in [3.05, 3.63) is 101 Å². The van der Waals surface area contributed by atoms with Gasteiger partial charge in [0.1, 0.15) is 5.75 Å². The number of carbonyl (C=O) groups excluding carboxylic acids is 2. The highest BCUT2D eigenvalue weighted by Gasteiger charge is 2.59. The molecule has 5 rings (SSSR count). The molecule has 2 aliphatic heterocycles. The molecule has 1 atom stereocenters. The van der Waals surface area contributed by atoms with E-state index < -0.39 is 5.60 Å². The summed E-state index contributed by atoms with van der Waals surface area (Å²) in [4.78, 5) is 29.0. The molecule has 0 saturated carbocycles. The maximum Gasteiger partial charge on any atom is 0.268 e. The van der Waals surface area contributed by atoms with E-state index in [4.69, 9.17) is 9.47 Å². The van der Waals surface area contributed by atoms with E-state index in [-0.39, 0.29) is 18.3 Å². The molecule has 0 aliphatic carbocycles. The van der Waals surface area contributed by atoms with E-state index in [9.17, 15) is 9.59 Å². The average molecular weight is 411 g/mol. The largest absolute Gasteiger partial charge is 0.497 e. The number of rotatable bonds is 4. The van der Waals surface area contributed by atoms with Crippen LogP contribution < -0.4 is 9.64 Å². The third kappa shape index (κ3) is 2.74. The molecule has 0 radical (unpaired) electrons. The van der Waals surface area contributed by atoms with Gasteiger partial charge in [-0.1, -0.05) is 60.7 Å². The number of hydrogen-bond acceptors (Lipinski definition) is 4. The molecule has 5 nitrogen and oxygen atoms in total. The summed E-state index contributed by atoms with van der Waals surface area (Å²) in [5.74, 6) is 0.259. The molecule has 0 N–H and O–H groups in total. The Morgan fingerprint density at radius 2 is 1.65 bits per heavy atom. The molecule has 154 valence electrons. The van der Waals surface area contributed by atoms with Crippen LogP contribution in [0, 0.1) is 0 Å². The maximum atomic E-state index is 13.8. The highest BCUT2D eigenvalue weighted by Crippen LogP contribution is 2.53. The molecule has 5 heteroatoms. The second-order valence-corrected chi connectivity index (χ2v) is 7.63. The van der Waals surface area contributed by atoms with Crippen molar-refractivity contribution in [3.8, 4) is 5.75 Å². The molecule has 0 saturated heterocycles. The Labute approximate surface area is 180 Å². The van der Waals surface area contributed by atoms with Crippen LogP contribution in [0.3, 0.4) is 0 Å².